The van der Waals surface area contributed by atoms with Crippen molar-refractivity contribution in [1.82, 2.24) is 10.2 Å². The number of anilines is 1. The number of ether oxygens (including phenoxy) is 2. The first-order valence-electron chi connectivity index (χ1n) is 12.2. The number of nitrogens with zero attached hydrogens (tertiary/aromatic N) is 2. The molecule has 0 aliphatic heterocycles. The van der Waals surface area contributed by atoms with Crippen LogP contribution in [0.25, 0.3) is 0 Å². The Morgan fingerprint density at radius 2 is 1.62 bits per heavy atom. The molecule has 3 aromatic rings. The summed E-state index contributed by atoms with van der Waals surface area (Å²) in [6.07, 6.45) is 1.18. The van der Waals surface area contributed by atoms with Crippen LogP contribution in [0, 0.1) is 0 Å². The molecule has 1 atom stereocenters. The van der Waals surface area contributed by atoms with Crippen LogP contribution in [0.15, 0.2) is 66.7 Å². The van der Waals surface area contributed by atoms with Crippen LogP contribution < -0.4 is 19.1 Å². The molecule has 0 saturated heterocycles. The number of halogens is 2. The van der Waals surface area contributed by atoms with Crippen molar-refractivity contribution in [1.29, 1.82) is 0 Å². The molecule has 12 heteroatoms. The lowest BCUT2D eigenvalue weighted by Gasteiger charge is -2.33. The molecule has 40 heavy (non-hydrogen) atoms. The number of rotatable bonds is 12. The van der Waals surface area contributed by atoms with E-state index >= 15 is 0 Å². The SMILES string of the molecule is CNC(=O)[C@H](Cc1ccccc1)N(Cc1ccc(Cl)cc1Cl)C(=O)CN(c1ccc(OC)c(OC)c1)S(C)(=O)=O. The minimum atomic E-state index is -3.94. The molecule has 0 spiro atoms. The summed E-state index contributed by atoms with van der Waals surface area (Å²) in [5.74, 6) is -0.346. The number of amides is 2. The number of carbonyl (C=O) groups is 2. The van der Waals surface area contributed by atoms with E-state index in [1.165, 1.54) is 38.3 Å². The molecule has 9 nitrogen and oxygen atoms in total. The first-order valence-corrected chi connectivity index (χ1v) is 14.8. The average molecular weight is 609 g/mol. The second kappa shape index (κ2) is 13.7. The fraction of sp³-hybridized carbons (Fsp3) is 0.286. The Labute approximate surface area is 244 Å². The van der Waals surface area contributed by atoms with Gasteiger partial charge in [0, 0.05) is 36.1 Å². The van der Waals surface area contributed by atoms with E-state index in [4.69, 9.17) is 32.7 Å². The van der Waals surface area contributed by atoms with E-state index in [0.29, 0.717) is 27.1 Å². The number of hydrogen-bond donors (Lipinski definition) is 1. The van der Waals surface area contributed by atoms with E-state index in [2.05, 4.69) is 5.32 Å². The summed E-state index contributed by atoms with van der Waals surface area (Å²) in [5, 5.41) is 3.34. The molecule has 2 amide bonds. The third-order valence-electron chi connectivity index (χ3n) is 6.21. The van der Waals surface area contributed by atoms with Crippen molar-refractivity contribution < 1.29 is 27.5 Å². The van der Waals surface area contributed by atoms with Gasteiger partial charge in [0.15, 0.2) is 11.5 Å². The van der Waals surface area contributed by atoms with Crippen LogP contribution in [-0.4, -0.2) is 65.2 Å². The smallest absolute Gasteiger partial charge is 0.244 e. The van der Waals surface area contributed by atoms with Gasteiger partial charge in [0.25, 0.3) is 0 Å². The summed E-state index contributed by atoms with van der Waals surface area (Å²) in [4.78, 5) is 28.5. The van der Waals surface area contributed by atoms with Crippen molar-refractivity contribution in [2.24, 2.45) is 0 Å². The topological polar surface area (TPSA) is 105 Å². The predicted octanol–water partition coefficient (Wildman–Crippen LogP) is 4.16. The summed E-state index contributed by atoms with van der Waals surface area (Å²) in [7, 11) is 0.417. The largest absolute Gasteiger partial charge is 0.493 e. The van der Waals surface area contributed by atoms with Crippen molar-refractivity contribution in [3.8, 4) is 11.5 Å². The molecule has 0 heterocycles. The Kier molecular flexibility index (Phi) is 10.7. The molecule has 0 aliphatic rings. The van der Waals surface area contributed by atoms with Gasteiger partial charge in [0.1, 0.15) is 12.6 Å². The van der Waals surface area contributed by atoms with Gasteiger partial charge in [0.05, 0.1) is 26.2 Å². The Bertz CT molecular complexity index is 1450. The van der Waals surface area contributed by atoms with Gasteiger partial charge in [-0.3, -0.25) is 13.9 Å². The number of sulfonamides is 1. The van der Waals surface area contributed by atoms with Crippen LogP contribution in [0.4, 0.5) is 5.69 Å². The highest BCUT2D eigenvalue weighted by Crippen LogP contribution is 2.33. The highest BCUT2D eigenvalue weighted by molar-refractivity contribution is 7.92. The molecule has 0 radical (unpaired) electrons. The molecule has 1 N–H and O–H groups in total. The zero-order chi connectivity index (χ0) is 29.4. The summed E-state index contributed by atoms with van der Waals surface area (Å²) in [5.41, 5.74) is 1.55. The number of methoxy groups -OCH3 is 2. The highest BCUT2D eigenvalue weighted by atomic mass is 35.5. The Balaban J connectivity index is 2.07. The number of hydrogen-bond acceptors (Lipinski definition) is 6. The second-order valence-electron chi connectivity index (χ2n) is 8.89. The van der Waals surface area contributed by atoms with Crippen molar-refractivity contribution in [2.45, 2.75) is 19.0 Å². The number of carbonyl (C=O) groups excluding carboxylic acids is 2. The molecule has 0 fully saturated rings. The van der Waals surface area contributed by atoms with Gasteiger partial charge in [-0.05, 0) is 35.4 Å². The lowest BCUT2D eigenvalue weighted by atomic mass is 10.0. The number of likely N-dealkylation sites (N-methyl/N-ethyl adjacent to an activating group) is 1. The lowest BCUT2D eigenvalue weighted by Crippen LogP contribution is -2.52. The predicted molar refractivity (Wildman–Crippen MR) is 157 cm³/mol. The monoisotopic (exact) mass is 607 g/mol. The second-order valence-corrected chi connectivity index (χ2v) is 11.6. The third-order valence-corrected chi connectivity index (χ3v) is 7.94. The quantitative estimate of drug-likeness (QED) is 0.331. The van der Waals surface area contributed by atoms with Crippen molar-refractivity contribution >= 4 is 50.7 Å². The molecular formula is C28H31Cl2N3O6S. The summed E-state index contributed by atoms with van der Waals surface area (Å²) in [6, 6.07) is 17.6. The molecule has 214 valence electrons. The van der Waals surface area contributed by atoms with Crippen LogP contribution in [0.1, 0.15) is 11.1 Å². The molecule has 3 aromatic carbocycles. The van der Waals surface area contributed by atoms with E-state index in [9.17, 15) is 18.0 Å². The van der Waals surface area contributed by atoms with Crippen molar-refractivity contribution in [3.63, 3.8) is 0 Å². The van der Waals surface area contributed by atoms with E-state index in [1.807, 2.05) is 30.3 Å². The van der Waals surface area contributed by atoms with Crippen LogP contribution in [-0.2, 0) is 32.6 Å². The van der Waals surface area contributed by atoms with Crippen LogP contribution in [0.5, 0.6) is 11.5 Å². The zero-order valence-corrected chi connectivity index (χ0v) is 24.9. The minimum Gasteiger partial charge on any atom is -0.493 e. The fourth-order valence-electron chi connectivity index (χ4n) is 4.15. The molecule has 3 rings (SSSR count). The maximum atomic E-state index is 14.0. The van der Waals surface area contributed by atoms with Crippen LogP contribution in [0.3, 0.4) is 0 Å². The Morgan fingerprint density at radius 1 is 0.950 bits per heavy atom. The van der Waals surface area contributed by atoms with Crippen molar-refractivity contribution in [2.75, 3.05) is 38.4 Å². The highest BCUT2D eigenvalue weighted by Gasteiger charge is 2.33. The lowest BCUT2D eigenvalue weighted by molar-refractivity contribution is -0.139. The molecule has 0 aliphatic carbocycles. The van der Waals surface area contributed by atoms with Gasteiger partial charge in [-0.15, -0.1) is 0 Å². The molecule has 0 saturated carbocycles. The number of benzene rings is 3. The van der Waals surface area contributed by atoms with Crippen molar-refractivity contribution in [3.05, 3.63) is 87.9 Å². The molecule has 0 unspecified atom stereocenters. The standard InChI is InChI=1S/C28H31Cl2N3O6S/c1-31-28(35)24(14-19-8-6-5-7-9-19)32(17-20-10-11-21(29)15-23(20)30)27(34)18-33(40(4,36)37)22-12-13-25(38-2)26(16-22)39-3/h5-13,15-16,24H,14,17-18H2,1-4H3,(H,31,35)/t24-/m0/s1. The maximum absolute atomic E-state index is 14.0. The van der Waals surface area contributed by atoms with Gasteiger partial charge in [0.2, 0.25) is 21.8 Å². The molecular weight excluding hydrogens is 577 g/mol. The van der Waals surface area contributed by atoms with Crippen LogP contribution in [0.2, 0.25) is 10.0 Å². The maximum Gasteiger partial charge on any atom is 0.244 e. The van der Waals surface area contributed by atoms with Gasteiger partial charge < -0.3 is 19.7 Å². The third kappa shape index (κ3) is 7.80. The van der Waals surface area contributed by atoms with E-state index < -0.39 is 34.4 Å². The Morgan fingerprint density at radius 3 is 2.20 bits per heavy atom. The summed E-state index contributed by atoms with van der Waals surface area (Å²) in [6.45, 7) is -0.648. The first kappa shape index (κ1) is 31.1. The average Bonchev–Trinajstić information content (AvgIpc) is 2.93. The van der Waals surface area contributed by atoms with Gasteiger partial charge in [-0.2, -0.15) is 0 Å². The Hall–Kier alpha value is -3.47. The number of nitrogens with one attached hydrogen (secondary N) is 1. The van der Waals surface area contributed by atoms with Gasteiger partial charge >= 0.3 is 0 Å². The summed E-state index contributed by atoms with van der Waals surface area (Å²) >= 11 is 12.5. The minimum absolute atomic E-state index is 0.0662. The van der Waals surface area contributed by atoms with E-state index in [-0.39, 0.29) is 18.7 Å². The first-order chi connectivity index (χ1) is 19.0. The fourth-order valence-corrected chi connectivity index (χ4v) is 5.46. The molecule has 0 aromatic heterocycles. The summed E-state index contributed by atoms with van der Waals surface area (Å²) < 4.78 is 37.4. The van der Waals surface area contributed by atoms with E-state index in [0.717, 1.165) is 16.1 Å². The van der Waals surface area contributed by atoms with Gasteiger partial charge in [-0.25, -0.2) is 8.42 Å². The molecule has 0 bridgehead atoms. The van der Waals surface area contributed by atoms with Gasteiger partial charge in [-0.1, -0.05) is 59.6 Å². The zero-order valence-electron chi connectivity index (χ0n) is 22.6. The van der Waals surface area contributed by atoms with Crippen LogP contribution >= 0.6 is 23.2 Å². The normalized spacial score (nSPS) is 11.8. The van der Waals surface area contributed by atoms with E-state index in [1.54, 1.807) is 24.3 Å².